The Morgan fingerprint density at radius 1 is 1.17 bits per heavy atom. The molecule has 1 aromatic carbocycles. The highest BCUT2D eigenvalue weighted by atomic mass is 32.2. The summed E-state index contributed by atoms with van der Waals surface area (Å²) in [7, 11) is -3.79. The van der Waals surface area contributed by atoms with E-state index in [2.05, 4.69) is 4.40 Å². The van der Waals surface area contributed by atoms with Gasteiger partial charge in [0.2, 0.25) is 0 Å². The van der Waals surface area contributed by atoms with E-state index >= 15 is 0 Å². The van der Waals surface area contributed by atoms with Crippen molar-refractivity contribution in [3.63, 3.8) is 0 Å². The van der Waals surface area contributed by atoms with Crippen LogP contribution in [0.3, 0.4) is 0 Å². The first-order chi connectivity index (χ1) is 8.49. The molecule has 0 aliphatic carbocycles. The predicted molar refractivity (Wildman–Crippen MR) is 69.7 cm³/mol. The molecule has 96 valence electrons. The molecular formula is C11H14N4O2S. The maximum Gasteiger partial charge on any atom is 0.347 e. The highest BCUT2D eigenvalue weighted by Gasteiger charge is 2.25. The third kappa shape index (κ3) is 2.62. The fraction of sp³-hybridized carbons (Fsp3) is 0.182. The molecular weight excluding hydrogens is 252 g/mol. The minimum Gasteiger partial charge on any atom is -0.384 e. The lowest BCUT2D eigenvalue weighted by molar-refractivity contribution is 0.473. The monoisotopic (exact) mass is 266 g/mol. The molecule has 0 atom stereocenters. The second-order valence-electron chi connectivity index (χ2n) is 3.87. The number of nitrogens with two attached hydrogens (primary N) is 2. The van der Waals surface area contributed by atoms with Gasteiger partial charge in [-0.2, -0.15) is 8.42 Å². The van der Waals surface area contributed by atoms with E-state index in [1.54, 1.807) is 0 Å². The summed E-state index contributed by atoms with van der Waals surface area (Å²) in [6, 6.07) is 9.55. The molecule has 7 heteroatoms. The Morgan fingerprint density at radius 2 is 1.83 bits per heavy atom. The molecule has 0 fully saturated rings. The van der Waals surface area contributed by atoms with Gasteiger partial charge in [-0.25, -0.2) is 4.31 Å². The first-order valence-electron chi connectivity index (χ1n) is 5.38. The quantitative estimate of drug-likeness (QED) is 0.800. The van der Waals surface area contributed by atoms with Gasteiger partial charge in [0.05, 0.1) is 0 Å². The molecule has 0 saturated heterocycles. The lowest BCUT2D eigenvalue weighted by atomic mass is 10.1. The number of rotatable bonds is 3. The van der Waals surface area contributed by atoms with E-state index in [4.69, 9.17) is 11.5 Å². The molecule has 18 heavy (non-hydrogen) atoms. The Labute approximate surface area is 106 Å². The standard InChI is InChI=1S/C11H14N4O2S/c12-10-8-11(13)15(18(16,17)14-10)7-6-9-4-2-1-3-5-9/h1-5,8H,6-7,13H2,(H2,12,14). The number of hydrogen-bond acceptors (Lipinski definition) is 4. The van der Waals surface area contributed by atoms with Crippen LogP contribution in [0, 0.1) is 0 Å². The summed E-state index contributed by atoms with van der Waals surface area (Å²) in [4.78, 5) is 0. The molecule has 1 aliphatic heterocycles. The molecule has 0 unspecified atom stereocenters. The average Bonchev–Trinajstić information content (AvgIpc) is 2.27. The van der Waals surface area contributed by atoms with Crippen LogP contribution < -0.4 is 11.5 Å². The van der Waals surface area contributed by atoms with Crippen LogP contribution >= 0.6 is 0 Å². The van der Waals surface area contributed by atoms with Crippen molar-refractivity contribution in [3.8, 4) is 0 Å². The number of nitrogens with zero attached hydrogens (tertiary/aromatic N) is 2. The zero-order valence-electron chi connectivity index (χ0n) is 9.65. The van der Waals surface area contributed by atoms with Crippen LogP contribution in [0.5, 0.6) is 0 Å². The molecule has 0 bridgehead atoms. The van der Waals surface area contributed by atoms with Crippen LogP contribution in [0.25, 0.3) is 0 Å². The maximum atomic E-state index is 11.8. The Morgan fingerprint density at radius 3 is 2.44 bits per heavy atom. The van der Waals surface area contributed by atoms with Gasteiger partial charge in [0.1, 0.15) is 11.7 Å². The van der Waals surface area contributed by atoms with E-state index in [0.717, 1.165) is 9.87 Å². The Hall–Kier alpha value is -2.02. The summed E-state index contributed by atoms with van der Waals surface area (Å²) in [6.45, 7) is 0.242. The average molecular weight is 266 g/mol. The molecule has 6 nitrogen and oxygen atoms in total. The minimum atomic E-state index is -3.79. The zero-order valence-corrected chi connectivity index (χ0v) is 10.5. The normalized spacial score (nSPS) is 18.1. The van der Waals surface area contributed by atoms with E-state index in [0.29, 0.717) is 6.42 Å². The first-order valence-corrected chi connectivity index (χ1v) is 6.78. The Kier molecular flexibility index (Phi) is 3.24. The highest BCUT2D eigenvalue weighted by molar-refractivity contribution is 7.88. The molecule has 0 spiro atoms. The van der Waals surface area contributed by atoms with Crippen LogP contribution in [0.1, 0.15) is 5.56 Å². The van der Waals surface area contributed by atoms with E-state index in [9.17, 15) is 8.42 Å². The van der Waals surface area contributed by atoms with Crippen molar-refractivity contribution in [1.29, 1.82) is 0 Å². The van der Waals surface area contributed by atoms with Crippen molar-refractivity contribution in [1.82, 2.24) is 4.31 Å². The van der Waals surface area contributed by atoms with Crippen LogP contribution in [0.2, 0.25) is 0 Å². The molecule has 0 amide bonds. The Bertz CT molecular complexity index is 593. The fourth-order valence-corrected chi connectivity index (χ4v) is 2.74. The van der Waals surface area contributed by atoms with Gasteiger partial charge >= 0.3 is 10.2 Å². The van der Waals surface area contributed by atoms with E-state index in [1.165, 1.54) is 6.08 Å². The SMILES string of the molecule is NC1=CC(N)=NS(=O)(=O)N1CCc1ccccc1. The predicted octanol–water partition coefficient (Wildman–Crippen LogP) is -0.0532. The van der Waals surface area contributed by atoms with Crippen LogP contribution in [-0.4, -0.2) is 25.1 Å². The molecule has 2 rings (SSSR count). The molecule has 0 radical (unpaired) electrons. The topological polar surface area (TPSA) is 102 Å². The van der Waals surface area contributed by atoms with Gasteiger partial charge in [0, 0.05) is 12.6 Å². The van der Waals surface area contributed by atoms with Crippen LogP contribution in [0.4, 0.5) is 0 Å². The third-order valence-electron chi connectivity index (χ3n) is 2.53. The van der Waals surface area contributed by atoms with Crippen molar-refractivity contribution in [3.05, 3.63) is 47.8 Å². The summed E-state index contributed by atoms with van der Waals surface area (Å²) >= 11 is 0. The first kappa shape index (κ1) is 12.4. The summed E-state index contributed by atoms with van der Waals surface area (Å²) in [5, 5.41) is 0. The smallest absolute Gasteiger partial charge is 0.347 e. The van der Waals surface area contributed by atoms with E-state index in [1.807, 2.05) is 30.3 Å². The van der Waals surface area contributed by atoms with Crippen molar-refractivity contribution in [2.45, 2.75) is 6.42 Å². The van der Waals surface area contributed by atoms with Gasteiger partial charge in [0.15, 0.2) is 0 Å². The largest absolute Gasteiger partial charge is 0.384 e. The third-order valence-corrected chi connectivity index (χ3v) is 3.92. The van der Waals surface area contributed by atoms with Crippen LogP contribution in [-0.2, 0) is 16.6 Å². The number of benzene rings is 1. The van der Waals surface area contributed by atoms with Gasteiger partial charge in [-0.15, -0.1) is 4.40 Å². The zero-order chi connectivity index (χ0) is 13.2. The Balaban J connectivity index is 2.13. The van der Waals surface area contributed by atoms with Crippen molar-refractivity contribution in [2.75, 3.05) is 6.54 Å². The van der Waals surface area contributed by atoms with Gasteiger partial charge < -0.3 is 11.5 Å². The molecule has 1 aliphatic rings. The summed E-state index contributed by atoms with van der Waals surface area (Å²) in [5.74, 6) is 0.00175. The minimum absolute atomic E-state index is 0.0940. The molecule has 1 heterocycles. The number of amidine groups is 1. The van der Waals surface area contributed by atoms with Crippen molar-refractivity contribution in [2.24, 2.45) is 15.9 Å². The molecule has 0 aromatic heterocycles. The number of hydrogen-bond donors (Lipinski definition) is 2. The van der Waals surface area contributed by atoms with Gasteiger partial charge in [-0.1, -0.05) is 30.3 Å². The highest BCUT2D eigenvalue weighted by Crippen LogP contribution is 2.14. The second-order valence-corrected chi connectivity index (χ2v) is 5.39. The van der Waals surface area contributed by atoms with Crippen LogP contribution in [0.15, 0.2) is 46.6 Å². The molecule has 1 aromatic rings. The second kappa shape index (κ2) is 4.69. The fourth-order valence-electron chi connectivity index (χ4n) is 1.69. The van der Waals surface area contributed by atoms with Crippen molar-refractivity contribution >= 4 is 16.0 Å². The van der Waals surface area contributed by atoms with Gasteiger partial charge in [-0.05, 0) is 12.0 Å². The van der Waals surface area contributed by atoms with E-state index < -0.39 is 10.2 Å². The molecule has 4 N–H and O–H groups in total. The van der Waals surface area contributed by atoms with Crippen molar-refractivity contribution < 1.29 is 8.42 Å². The van der Waals surface area contributed by atoms with Gasteiger partial charge in [0.25, 0.3) is 0 Å². The summed E-state index contributed by atoms with van der Waals surface area (Å²) in [5.41, 5.74) is 12.0. The van der Waals surface area contributed by atoms with Gasteiger partial charge in [-0.3, -0.25) is 0 Å². The summed E-state index contributed by atoms with van der Waals surface area (Å²) < 4.78 is 28.0. The van der Waals surface area contributed by atoms with E-state index in [-0.39, 0.29) is 18.2 Å². The summed E-state index contributed by atoms with van der Waals surface area (Å²) in [6.07, 6.45) is 1.90. The lowest BCUT2D eigenvalue weighted by Crippen LogP contribution is -2.39. The molecule has 0 saturated carbocycles. The maximum absolute atomic E-state index is 11.8. The lowest BCUT2D eigenvalue weighted by Gasteiger charge is -2.24.